The number of hydrogen-bond acceptors (Lipinski definition) is 8. The molecule has 2 amide bonds. The molecule has 0 aromatic heterocycles. The van der Waals surface area contributed by atoms with Crippen LogP contribution in [0.5, 0.6) is 34.5 Å². The second-order valence-corrected chi connectivity index (χ2v) is 9.49. The van der Waals surface area contributed by atoms with Crippen molar-refractivity contribution in [2.45, 2.75) is 18.1 Å². The fourth-order valence-corrected chi connectivity index (χ4v) is 5.27. The van der Waals surface area contributed by atoms with Crippen LogP contribution < -0.4 is 33.7 Å². The highest BCUT2D eigenvalue weighted by molar-refractivity contribution is 6.02. The lowest BCUT2D eigenvalue weighted by molar-refractivity contribution is -0.124. The molecule has 2 aliphatic rings. The molecule has 0 aliphatic carbocycles. The minimum atomic E-state index is -0.785. The molecule has 0 radical (unpaired) electrons. The summed E-state index contributed by atoms with van der Waals surface area (Å²) in [7, 11) is 7.79. The van der Waals surface area contributed by atoms with E-state index in [-0.39, 0.29) is 24.5 Å². The number of carbonyl (C=O) groups excluding carboxylic acids is 2. The van der Waals surface area contributed by atoms with Crippen LogP contribution in [0.3, 0.4) is 0 Å². The third-order valence-corrected chi connectivity index (χ3v) is 7.28. The van der Waals surface area contributed by atoms with Crippen LogP contribution in [0.4, 0.5) is 0 Å². The number of amides is 2. The Hall–Kier alpha value is -4.60. The first-order chi connectivity index (χ1) is 19.4. The molecule has 2 heterocycles. The largest absolute Gasteiger partial charge is 0.493 e. The zero-order chi connectivity index (χ0) is 28.4. The van der Waals surface area contributed by atoms with Gasteiger partial charge in [-0.15, -0.1) is 0 Å². The number of nitrogens with zero attached hydrogens (tertiary/aromatic N) is 1. The number of methoxy groups -OCH3 is 4. The van der Waals surface area contributed by atoms with Gasteiger partial charge < -0.3 is 38.6 Å². The summed E-state index contributed by atoms with van der Waals surface area (Å²) in [4.78, 5) is 29.3. The van der Waals surface area contributed by atoms with E-state index in [9.17, 15) is 9.59 Å². The van der Waals surface area contributed by atoms with Crippen molar-refractivity contribution in [3.05, 3.63) is 71.3 Å². The molecule has 10 nitrogen and oxygen atoms in total. The van der Waals surface area contributed by atoms with E-state index >= 15 is 0 Å². The number of hydrogen-bond donors (Lipinski definition) is 1. The van der Waals surface area contributed by atoms with Crippen LogP contribution in [0.2, 0.25) is 0 Å². The zero-order valence-electron chi connectivity index (χ0n) is 23.1. The normalized spacial score (nSPS) is 19.4. The van der Waals surface area contributed by atoms with Gasteiger partial charge in [0, 0.05) is 12.6 Å². The van der Waals surface area contributed by atoms with Gasteiger partial charge in [-0.2, -0.15) is 0 Å². The van der Waals surface area contributed by atoms with E-state index in [1.165, 1.54) is 14.2 Å². The van der Waals surface area contributed by atoms with Crippen LogP contribution in [0.15, 0.2) is 54.6 Å². The van der Waals surface area contributed by atoms with Crippen LogP contribution in [0, 0.1) is 0 Å². The average molecular weight is 549 g/mol. The van der Waals surface area contributed by atoms with Crippen LogP contribution in [-0.2, 0) is 4.79 Å². The molecule has 0 saturated carbocycles. The summed E-state index contributed by atoms with van der Waals surface area (Å²) in [6.45, 7) is 0.504. The number of rotatable bonds is 8. The van der Waals surface area contributed by atoms with E-state index < -0.39 is 12.0 Å². The quantitative estimate of drug-likeness (QED) is 0.456. The maximum Gasteiger partial charge on any atom is 0.254 e. The fraction of sp³-hybridized carbons (Fsp3) is 0.333. The average Bonchev–Trinajstić information content (AvgIpc) is 3.00. The van der Waals surface area contributed by atoms with Crippen molar-refractivity contribution in [2.75, 3.05) is 48.6 Å². The zero-order valence-corrected chi connectivity index (χ0v) is 23.1. The van der Waals surface area contributed by atoms with Crippen LogP contribution in [0.1, 0.15) is 33.4 Å². The standard InChI is InChI=1S/C30H32N2O8/c1-32-28(17-10-11-21(35-2)24(12-17)36-3)27(19-13-25(37-4)26(38-5)14-20(19)30(32)34)29(33)31-15-18-16-39-22-8-6-7-9-23(22)40-18/h6-14,18,27-28H,15-16H2,1-5H3,(H,31,33)/t18-,27-,28+/m1/s1. The summed E-state index contributed by atoms with van der Waals surface area (Å²) in [5, 5.41) is 3.04. The number of fused-ring (bicyclic) bond motifs is 2. The number of nitrogens with one attached hydrogen (secondary N) is 1. The minimum Gasteiger partial charge on any atom is -0.493 e. The van der Waals surface area contributed by atoms with E-state index in [0.29, 0.717) is 57.8 Å². The molecule has 40 heavy (non-hydrogen) atoms. The van der Waals surface area contributed by atoms with Gasteiger partial charge in [0.25, 0.3) is 5.91 Å². The Morgan fingerprint density at radius 3 is 2.25 bits per heavy atom. The molecule has 5 rings (SSSR count). The van der Waals surface area contributed by atoms with Gasteiger partial charge in [-0.1, -0.05) is 18.2 Å². The Balaban J connectivity index is 1.52. The molecular formula is C30H32N2O8. The molecule has 0 bridgehead atoms. The van der Waals surface area contributed by atoms with Crippen molar-refractivity contribution in [3.63, 3.8) is 0 Å². The van der Waals surface area contributed by atoms with E-state index in [2.05, 4.69) is 5.32 Å². The predicted octanol–water partition coefficient (Wildman–Crippen LogP) is 3.59. The number of benzene rings is 3. The van der Waals surface area contributed by atoms with E-state index in [1.54, 1.807) is 50.4 Å². The fourth-order valence-electron chi connectivity index (χ4n) is 5.27. The van der Waals surface area contributed by atoms with Crippen molar-refractivity contribution in [2.24, 2.45) is 0 Å². The molecule has 0 saturated heterocycles. The van der Waals surface area contributed by atoms with Gasteiger partial charge in [-0.05, 0) is 47.5 Å². The minimum absolute atomic E-state index is 0.211. The molecule has 10 heteroatoms. The van der Waals surface area contributed by atoms with E-state index in [4.69, 9.17) is 28.4 Å². The van der Waals surface area contributed by atoms with Crippen LogP contribution >= 0.6 is 0 Å². The predicted molar refractivity (Wildman–Crippen MR) is 146 cm³/mol. The van der Waals surface area contributed by atoms with Crippen LogP contribution in [-0.4, -0.2) is 71.5 Å². The van der Waals surface area contributed by atoms with E-state index in [0.717, 1.165) is 0 Å². The summed E-state index contributed by atoms with van der Waals surface area (Å²) in [6.07, 6.45) is -0.383. The molecule has 0 fully saturated rings. The molecule has 3 aromatic rings. The Morgan fingerprint density at radius 1 is 0.900 bits per heavy atom. The third-order valence-electron chi connectivity index (χ3n) is 7.28. The Kier molecular flexibility index (Phi) is 7.59. The number of likely N-dealkylation sites (N-methyl/N-ethyl adjacent to an activating group) is 1. The molecule has 3 aromatic carbocycles. The number of carbonyl (C=O) groups is 2. The van der Waals surface area contributed by atoms with Crippen molar-refractivity contribution < 1.29 is 38.0 Å². The highest BCUT2D eigenvalue weighted by Gasteiger charge is 2.44. The summed E-state index contributed by atoms with van der Waals surface area (Å²) >= 11 is 0. The van der Waals surface area contributed by atoms with Gasteiger partial charge in [0.15, 0.2) is 34.5 Å². The van der Waals surface area contributed by atoms with Gasteiger partial charge in [-0.25, -0.2) is 0 Å². The van der Waals surface area contributed by atoms with Crippen molar-refractivity contribution in [3.8, 4) is 34.5 Å². The summed E-state index contributed by atoms with van der Waals surface area (Å²) in [5.74, 6) is 1.83. The van der Waals surface area contributed by atoms with Crippen LogP contribution in [0.25, 0.3) is 0 Å². The molecule has 0 spiro atoms. The first-order valence-corrected chi connectivity index (χ1v) is 12.8. The first kappa shape index (κ1) is 27.0. The summed E-state index contributed by atoms with van der Waals surface area (Å²) in [5.41, 5.74) is 1.60. The maximum atomic E-state index is 14.0. The Labute approximate surface area is 232 Å². The number of ether oxygens (including phenoxy) is 6. The summed E-state index contributed by atoms with van der Waals surface area (Å²) < 4.78 is 33.8. The second-order valence-electron chi connectivity index (χ2n) is 9.49. The molecular weight excluding hydrogens is 516 g/mol. The SMILES string of the molecule is COc1ccc([C@H]2[C@H](C(=O)NC[C@@H]3COc4ccccc4O3)c3cc(OC)c(OC)cc3C(=O)N2C)cc1OC. The summed E-state index contributed by atoms with van der Waals surface area (Å²) in [6, 6.07) is 15.5. The molecule has 2 aliphatic heterocycles. The molecule has 1 N–H and O–H groups in total. The maximum absolute atomic E-state index is 14.0. The molecule has 3 atom stereocenters. The van der Waals surface area contributed by atoms with Gasteiger partial charge in [0.05, 0.1) is 46.9 Å². The highest BCUT2D eigenvalue weighted by atomic mass is 16.6. The van der Waals surface area contributed by atoms with Crippen molar-refractivity contribution in [1.82, 2.24) is 10.2 Å². The second kappa shape index (κ2) is 11.3. The third kappa shape index (κ3) is 4.81. The van der Waals surface area contributed by atoms with Crippen molar-refractivity contribution >= 4 is 11.8 Å². The monoisotopic (exact) mass is 548 g/mol. The molecule has 0 unspecified atom stereocenters. The smallest absolute Gasteiger partial charge is 0.254 e. The topological polar surface area (TPSA) is 105 Å². The van der Waals surface area contributed by atoms with Gasteiger partial charge in [-0.3, -0.25) is 9.59 Å². The lowest BCUT2D eigenvalue weighted by Crippen LogP contribution is -2.48. The number of para-hydroxylation sites is 2. The van der Waals surface area contributed by atoms with E-state index in [1.807, 2.05) is 30.3 Å². The van der Waals surface area contributed by atoms with Gasteiger partial charge >= 0.3 is 0 Å². The van der Waals surface area contributed by atoms with Gasteiger partial charge in [0.1, 0.15) is 12.7 Å². The Morgan fingerprint density at radius 2 is 1.55 bits per heavy atom. The van der Waals surface area contributed by atoms with Crippen molar-refractivity contribution in [1.29, 1.82) is 0 Å². The lowest BCUT2D eigenvalue weighted by atomic mass is 9.79. The lowest BCUT2D eigenvalue weighted by Gasteiger charge is -2.40. The molecule has 210 valence electrons. The first-order valence-electron chi connectivity index (χ1n) is 12.8. The highest BCUT2D eigenvalue weighted by Crippen LogP contribution is 2.47. The Bertz CT molecular complexity index is 1420. The van der Waals surface area contributed by atoms with Gasteiger partial charge in [0.2, 0.25) is 5.91 Å².